The molecule has 2 N–H and O–H groups in total. The first kappa shape index (κ1) is 12.8. The van der Waals surface area contributed by atoms with Crippen molar-refractivity contribution in [1.29, 1.82) is 0 Å². The summed E-state index contributed by atoms with van der Waals surface area (Å²) in [4.78, 5) is 1.41. The summed E-state index contributed by atoms with van der Waals surface area (Å²) < 4.78 is 1.93. The van der Waals surface area contributed by atoms with Crippen molar-refractivity contribution < 1.29 is 0 Å². The summed E-state index contributed by atoms with van der Waals surface area (Å²) in [6.45, 7) is 0. The molecule has 100 valence electrons. The van der Waals surface area contributed by atoms with E-state index in [0.29, 0.717) is 5.92 Å². The summed E-state index contributed by atoms with van der Waals surface area (Å²) in [5.41, 5.74) is 9.11. The Morgan fingerprint density at radius 1 is 1.42 bits per heavy atom. The van der Waals surface area contributed by atoms with Crippen LogP contribution >= 0.6 is 11.8 Å². The Morgan fingerprint density at radius 2 is 2.26 bits per heavy atom. The van der Waals surface area contributed by atoms with E-state index in [-0.39, 0.29) is 6.04 Å². The third-order valence-corrected chi connectivity index (χ3v) is 5.12. The quantitative estimate of drug-likeness (QED) is 0.931. The second-order valence-corrected chi connectivity index (χ2v) is 6.17. The standard InChI is InChI=1S/C15H19N3S/c1-18-11(8-9-17-18)6-7-14(16)13-10-19-15-5-3-2-4-12(13)15/h2-5,8-9,13-14H,6-7,10,16H2,1H3. The molecule has 0 amide bonds. The Morgan fingerprint density at radius 3 is 3.05 bits per heavy atom. The predicted molar refractivity (Wildman–Crippen MR) is 79.4 cm³/mol. The number of rotatable bonds is 4. The van der Waals surface area contributed by atoms with Gasteiger partial charge < -0.3 is 5.73 Å². The van der Waals surface area contributed by atoms with Crippen LogP contribution in [0.15, 0.2) is 41.4 Å². The minimum atomic E-state index is 0.228. The molecule has 4 heteroatoms. The smallest absolute Gasteiger partial charge is 0.0492 e. The highest BCUT2D eigenvalue weighted by Crippen LogP contribution is 2.41. The minimum Gasteiger partial charge on any atom is -0.327 e. The molecule has 3 nitrogen and oxygen atoms in total. The third kappa shape index (κ3) is 2.55. The lowest BCUT2D eigenvalue weighted by molar-refractivity contribution is 0.524. The van der Waals surface area contributed by atoms with Crippen molar-refractivity contribution in [1.82, 2.24) is 9.78 Å². The highest BCUT2D eigenvalue weighted by Gasteiger charge is 2.27. The van der Waals surface area contributed by atoms with Crippen LogP contribution in [0.25, 0.3) is 0 Å². The van der Waals surface area contributed by atoms with Gasteiger partial charge in [-0.1, -0.05) is 18.2 Å². The summed E-state index contributed by atoms with van der Waals surface area (Å²) in [6, 6.07) is 11.0. The van der Waals surface area contributed by atoms with Crippen LogP contribution in [0.2, 0.25) is 0 Å². The Kier molecular flexibility index (Phi) is 3.62. The molecule has 1 aromatic carbocycles. The maximum atomic E-state index is 6.42. The van der Waals surface area contributed by atoms with Crippen molar-refractivity contribution >= 4 is 11.8 Å². The Labute approximate surface area is 118 Å². The molecule has 2 unspecified atom stereocenters. The van der Waals surface area contributed by atoms with Gasteiger partial charge in [-0.05, 0) is 30.5 Å². The molecule has 1 aromatic heterocycles. The van der Waals surface area contributed by atoms with E-state index >= 15 is 0 Å². The fraction of sp³-hybridized carbons (Fsp3) is 0.400. The van der Waals surface area contributed by atoms with E-state index in [4.69, 9.17) is 5.73 Å². The molecule has 19 heavy (non-hydrogen) atoms. The molecule has 0 spiro atoms. The van der Waals surface area contributed by atoms with E-state index in [2.05, 4.69) is 35.4 Å². The van der Waals surface area contributed by atoms with Gasteiger partial charge in [-0.2, -0.15) is 5.10 Å². The second-order valence-electron chi connectivity index (χ2n) is 5.10. The minimum absolute atomic E-state index is 0.228. The van der Waals surface area contributed by atoms with Gasteiger partial charge in [-0.15, -0.1) is 11.8 Å². The van der Waals surface area contributed by atoms with E-state index in [0.717, 1.165) is 18.6 Å². The van der Waals surface area contributed by atoms with E-state index in [1.54, 1.807) is 0 Å². The molecule has 0 saturated heterocycles. The fourth-order valence-corrected chi connectivity index (χ4v) is 4.05. The third-order valence-electron chi connectivity index (χ3n) is 3.91. The molecule has 3 rings (SSSR count). The van der Waals surface area contributed by atoms with E-state index in [1.165, 1.54) is 16.2 Å². The van der Waals surface area contributed by atoms with Gasteiger partial charge >= 0.3 is 0 Å². The predicted octanol–water partition coefficient (Wildman–Crippen LogP) is 2.57. The monoisotopic (exact) mass is 273 g/mol. The molecule has 0 bridgehead atoms. The first-order valence-electron chi connectivity index (χ1n) is 6.70. The van der Waals surface area contributed by atoms with Crippen molar-refractivity contribution in [2.75, 3.05) is 5.75 Å². The fourth-order valence-electron chi connectivity index (χ4n) is 2.70. The van der Waals surface area contributed by atoms with Crippen LogP contribution in [0.5, 0.6) is 0 Å². The summed E-state index contributed by atoms with van der Waals surface area (Å²) in [5, 5.41) is 4.20. The average molecular weight is 273 g/mol. The zero-order valence-electron chi connectivity index (χ0n) is 11.1. The lowest BCUT2D eigenvalue weighted by Crippen LogP contribution is -2.29. The van der Waals surface area contributed by atoms with Crippen molar-refractivity contribution in [3.8, 4) is 0 Å². The van der Waals surface area contributed by atoms with Gasteiger partial charge in [0.2, 0.25) is 0 Å². The second kappa shape index (κ2) is 5.39. The van der Waals surface area contributed by atoms with Gasteiger partial charge in [-0.25, -0.2) is 0 Å². The maximum absolute atomic E-state index is 6.42. The number of nitrogens with two attached hydrogens (primary N) is 1. The topological polar surface area (TPSA) is 43.8 Å². The maximum Gasteiger partial charge on any atom is 0.0492 e. The van der Waals surface area contributed by atoms with E-state index in [1.807, 2.05) is 29.7 Å². The summed E-state index contributed by atoms with van der Waals surface area (Å²) in [7, 11) is 1.99. The first-order chi connectivity index (χ1) is 9.25. The van der Waals surface area contributed by atoms with Gasteiger partial charge in [0.1, 0.15) is 0 Å². The van der Waals surface area contributed by atoms with Gasteiger partial charge in [0.25, 0.3) is 0 Å². The van der Waals surface area contributed by atoms with E-state index in [9.17, 15) is 0 Å². The lowest BCUT2D eigenvalue weighted by Gasteiger charge is -2.19. The number of nitrogens with zero attached hydrogens (tertiary/aromatic N) is 2. The number of aryl methyl sites for hydroxylation is 2. The highest BCUT2D eigenvalue weighted by molar-refractivity contribution is 7.99. The number of thioether (sulfide) groups is 1. The molecule has 0 aliphatic carbocycles. The van der Waals surface area contributed by atoms with Crippen LogP contribution in [-0.4, -0.2) is 21.6 Å². The average Bonchev–Trinajstić information content (AvgIpc) is 3.02. The molecule has 1 aliphatic heterocycles. The Balaban J connectivity index is 1.66. The summed E-state index contributed by atoms with van der Waals surface area (Å²) in [5.74, 6) is 1.61. The zero-order chi connectivity index (χ0) is 13.2. The Bertz CT molecular complexity index is 564. The molecule has 1 aliphatic rings. The number of fused-ring (bicyclic) bond motifs is 1. The zero-order valence-corrected chi connectivity index (χ0v) is 11.9. The normalized spacial score (nSPS) is 19.4. The SMILES string of the molecule is Cn1nccc1CCC(N)C1CSc2ccccc21. The largest absolute Gasteiger partial charge is 0.327 e. The molecule has 2 heterocycles. The van der Waals surface area contributed by atoms with Crippen LogP contribution in [0.4, 0.5) is 0 Å². The van der Waals surface area contributed by atoms with Gasteiger partial charge in [0.05, 0.1) is 0 Å². The molecule has 2 atom stereocenters. The number of aromatic nitrogens is 2. The highest BCUT2D eigenvalue weighted by atomic mass is 32.2. The van der Waals surface area contributed by atoms with Crippen LogP contribution in [0, 0.1) is 0 Å². The molecule has 0 fully saturated rings. The van der Waals surface area contributed by atoms with Gasteiger partial charge in [-0.3, -0.25) is 4.68 Å². The van der Waals surface area contributed by atoms with Gasteiger partial charge in [0, 0.05) is 41.5 Å². The van der Waals surface area contributed by atoms with Crippen LogP contribution < -0.4 is 5.73 Å². The van der Waals surface area contributed by atoms with Gasteiger partial charge in [0.15, 0.2) is 0 Å². The molecule has 0 radical (unpaired) electrons. The van der Waals surface area contributed by atoms with Crippen molar-refractivity contribution in [3.05, 3.63) is 47.8 Å². The summed E-state index contributed by atoms with van der Waals surface area (Å²) in [6.07, 6.45) is 3.86. The summed E-state index contributed by atoms with van der Waals surface area (Å²) >= 11 is 1.93. The Hall–Kier alpha value is -1.26. The van der Waals surface area contributed by atoms with Crippen LogP contribution in [-0.2, 0) is 13.5 Å². The first-order valence-corrected chi connectivity index (χ1v) is 7.68. The van der Waals surface area contributed by atoms with Crippen molar-refractivity contribution in [3.63, 3.8) is 0 Å². The lowest BCUT2D eigenvalue weighted by atomic mass is 9.91. The number of hydrogen-bond donors (Lipinski definition) is 1. The van der Waals surface area contributed by atoms with Crippen LogP contribution in [0.3, 0.4) is 0 Å². The van der Waals surface area contributed by atoms with E-state index < -0.39 is 0 Å². The molecule has 0 saturated carbocycles. The number of benzene rings is 1. The van der Waals surface area contributed by atoms with Crippen molar-refractivity contribution in [2.45, 2.75) is 29.7 Å². The van der Waals surface area contributed by atoms with Crippen LogP contribution in [0.1, 0.15) is 23.6 Å². The molecular weight excluding hydrogens is 254 g/mol. The number of hydrogen-bond acceptors (Lipinski definition) is 3. The van der Waals surface area contributed by atoms with Crippen molar-refractivity contribution in [2.24, 2.45) is 12.8 Å². The molecule has 2 aromatic rings. The molecular formula is C15H19N3S.